The molecule has 0 aromatic carbocycles. The van der Waals surface area contributed by atoms with Crippen molar-refractivity contribution in [1.82, 2.24) is 4.98 Å². The highest BCUT2D eigenvalue weighted by molar-refractivity contribution is 7.17. The number of anilines is 1. The van der Waals surface area contributed by atoms with E-state index < -0.39 is 5.60 Å². The summed E-state index contributed by atoms with van der Waals surface area (Å²) in [5.74, 6) is 0.865. The molecule has 2 rings (SSSR count). The maximum atomic E-state index is 10.2. The fourth-order valence-electron chi connectivity index (χ4n) is 1.78. The second-order valence-corrected chi connectivity index (χ2v) is 5.22. The summed E-state index contributed by atoms with van der Waals surface area (Å²) < 4.78 is 1.22. The summed E-state index contributed by atoms with van der Waals surface area (Å²) in [6.45, 7) is 4.55. The Balaban J connectivity index is 2.16. The van der Waals surface area contributed by atoms with E-state index in [0.29, 0.717) is 6.54 Å². The number of pyridine rings is 1. The molecule has 0 atom stereocenters. The molecule has 4 heteroatoms. The number of nitrogens with zero attached hydrogens (tertiary/aromatic N) is 1. The molecule has 92 valence electrons. The number of hydrogen-bond acceptors (Lipinski definition) is 4. The summed E-state index contributed by atoms with van der Waals surface area (Å²) >= 11 is 1.70. The zero-order valence-corrected chi connectivity index (χ0v) is 11.0. The van der Waals surface area contributed by atoms with Crippen LogP contribution in [0.15, 0.2) is 23.7 Å². The first-order chi connectivity index (χ1) is 8.18. The van der Waals surface area contributed by atoms with Crippen molar-refractivity contribution in [2.24, 2.45) is 0 Å². The molecule has 0 aliphatic carbocycles. The van der Waals surface area contributed by atoms with Crippen LogP contribution in [0.2, 0.25) is 0 Å². The lowest BCUT2D eigenvalue weighted by atomic mass is 9.97. The molecule has 17 heavy (non-hydrogen) atoms. The molecule has 0 saturated heterocycles. The van der Waals surface area contributed by atoms with Crippen LogP contribution in [-0.2, 0) is 0 Å². The second-order valence-electron chi connectivity index (χ2n) is 4.28. The van der Waals surface area contributed by atoms with Crippen molar-refractivity contribution in [1.29, 1.82) is 0 Å². The van der Waals surface area contributed by atoms with Gasteiger partial charge in [-0.15, -0.1) is 11.3 Å². The average Bonchev–Trinajstić information content (AvgIpc) is 2.84. The molecular weight excluding hydrogens is 232 g/mol. The van der Waals surface area contributed by atoms with Crippen LogP contribution in [0.1, 0.15) is 26.7 Å². The van der Waals surface area contributed by atoms with E-state index in [1.54, 1.807) is 17.5 Å². The Labute approximate surface area is 106 Å². The van der Waals surface area contributed by atoms with Crippen LogP contribution in [-0.4, -0.2) is 22.2 Å². The van der Waals surface area contributed by atoms with Gasteiger partial charge in [-0.3, -0.25) is 0 Å². The van der Waals surface area contributed by atoms with E-state index in [2.05, 4.69) is 21.7 Å². The zero-order chi connectivity index (χ0) is 12.3. The topological polar surface area (TPSA) is 45.1 Å². The fraction of sp³-hybridized carbons (Fsp3) is 0.462. The van der Waals surface area contributed by atoms with Gasteiger partial charge in [0.15, 0.2) is 0 Å². The molecule has 0 amide bonds. The Bertz CT molecular complexity index is 491. The van der Waals surface area contributed by atoms with Gasteiger partial charge in [-0.05, 0) is 30.4 Å². The average molecular weight is 250 g/mol. The molecule has 0 bridgehead atoms. The van der Waals surface area contributed by atoms with Crippen LogP contribution >= 0.6 is 11.3 Å². The van der Waals surface area contributed by atoms with Gasteiger partial charge in [-0.1, -0.05) is 13.8 Å². The molecule has 0 aliphatic heterocycles. The maximum absolute atomic E-state index is 10.2. The van der Waals surface area contributed by atoms with E-state index in [4.69, 9.17) is 0 Å². The van der Waals surface area contributed by atoms with E-state index in [1.807, 2.05) is 19.9 Å². The monoisotopic (exact) mass is 250 g/mol. The van der Waals surface area contributed by atoms with Gasteiger partial charge in [0.05, 0.1) is 5.60 Å². The third-order valence-electron chi connectivity index (χ3n) is 3.28. The molecule has 3 nitrogen and oxygen atoms in total. The number of hydrogen-bond donors (Lipinski definition) is 2. The summed E-state index contributed by atoms with van der Waals surface area (Å²) in [4.78, 5) is 4.34. The normalized spacial score (nSPS) is 11.9. The summed E-state index contributed by atoms with van der Waals surface area (Å²) in [5, 5.41) is 16.7. The minimum absolute atomic E-state index is 0.544. The Hall–Kier alpha value is -1.13. The maximum Gasteiger partial charge on any atom is 0.134 e. The summed E-state index contributed by atoms with van der Waals surface area (Å²) in [6, 6.07) is 4.07. The first-order valence-corrected chi connectivity index (χ1v) is 6.85. The molecule has 2 N–H and O–H groups in total. The molecule has 0 fully saturated rings. The van der Waals surface area contributed by atoms with Crippen molar-refractivity contribution >= 4 is 27.2 Å². The second kappa shape index (κ2) is 5.02. The lowest BCUT2D eigenvalue weighted by molar-refractivity contribution is 0.0456. The standard InChI is InChI=1S/C13H18N2OS/c1-3-13(16,4-2)9-15-12-10-6-8-17-11(10)5-7-14-12/h5-8,16H,3-4,9H2,1-2H3,(H,14,15). The molecule has 0 saturated carbocycles. The Kier molecular flexibility index (Phi) is 3.64. The quantitative estimate of drug-likeness (QED) is 0.856. The highest BCUT2D eigenvalue weighted by Crippen LogP contribution is 2.26. The molecule has 2 aromatic rings. The van der Waals surface area contributed by atoms with E-state index in [1.165, 1.54) is 4.70 Å². The van der Waals surface area contributed by atoms with Crippen LogP contribution < -0.4 is 5.32 Å². The summed E-state index contributed by atoms with van der Waals surface area (Å²) in [6.07, 6.45) is 3.30. The molecule has 2 heterocycles. The molecule has 0 radical (unpaired) electrons. The smallest absolute Gasteiger partial charge is 0.134 e. The fourth-order valence-corrected chi connectivity index (χ4v) is 2.57. The largest absolute Gasteiger partial charge is 0.388 e. The van der Waals surface area contributed by atoms with Gasteiger partial charge in [0.2, 0.25) is 0 Å². The van der Waals surface area contributed by atoms with Crippen molar-refractivity contribution in [3.8, 4) is 0 Å². The third-order valence-corrected chi connectivity index (χ3v) is 4.16. The zero-order valence-electron chi connectivity index (χ0n) is 10.2. The predicted molar refractivity (Wildman–Crippen MR) is 73.6 cm³/mol. The van der Waals surface area contributed by atoms with Gasteiger partial charge in [-0.2, -0.15) is 0 Å². The highest BCUT2D eigenvalue weighted by Gasteiger charge is 2.22. The molecular formula is C13H18N2OS. The number of aliphatic hydroxyl groups is 1. The van der Waals surface area contributed by atoms with Gasteiger partial charge in [0.25, 0.3) is 0 Å². The first kappa shape index (κ1) is 12.3. The molecule has 2 aromatic heterocycles. The number of fused-ring (bicyclic) bond motifs is 1. The van der Waals surface area contributed by atoms with Crippen molar-refractivity contribution in [3.05, 3.63) is 23.7 Å². The molecule has 0 unspecified atom stereocenters. The Morgan fingerprint density at radius 3 is 2.82 bits per heavy atom. The van der Waals surface area contributed by atoms with Gasteiger partial charge >= 0.3 is 0 Å². The van der Waals surface area contributed by atoms with Crippen molar-refractivity contribution in [2.75, 3.05) is 11.9 Å². The third kappa shape index (κ3) is 2.58. The lowest BCUT2D eigenvalue weighted by Crippen LogP contribution is -2.35. The van der Waals surface area contributed by atoms with Gasteiger partial charge in [-0.25, -0.2) is 4.98 Å². The van der Waals surface area contributed by atoms with Crippen molar-refractivity contribution in [2.45, 2.75) is 32.3 Å². The highest BCUT2D eigenvalue weighted by atomic mass is 32.1. The minimum Gasteiger partial charge on any atom is -0.388 e. The van der Waals surface area contributed by atoms with E-state index in [0.717, 1.165) is 24.0 Å². The number of rotatable bonds is 5. The summed E-state index contributed by atoms with van der Waals surface area (Å²) in [5.41, 5.74) is -0.639. The number of aromatic nitrogens is 1. The van der Waals surface area contributed by atoms with E-state index in [-0.39, 0.29) is 0 Å². The van der Waals surface area contributed by atoms with Crippen LogP contribution in [0.4, 0.5) is 5.82 Å². The van der Waals surface area contributed by atoms with Crippen LogP contribution in [0.25, 0.3) is 10.1 Å². The van der Waals surface area contributed by atoms with Gasteiger partial charge < -0.3 is 10.4 Å². The number of nitrogens with one attached hydrogen (secondary N) is 1. The first-order valence-electron chi connectivity index (χ1n) is 5.97. The van der Waals surface area contributed by atoms with E-state index in [9.17, 15) is 5.11 Å². The van der Waals surface area contributed by atoms with E-state index >= 15 is 0 Å². The predicted octanol–water partition coefficient (Wildman–Crippen LogP) is 3.26. The lowest BCUT2D eigenvalue weighted by Gasteiger charge is -2.25. The molecule has 0 aliphatic rings. The summed E-state index contributed by atoms with van der Waals surface area (Å²) in [7, 11) is 0. The van der Waals surface area contributed by atoms with Gasteiger partial charge in [0.1, 0.15) is 5.82 Å². The molecule has 0 spiro atoms. The van der Waals surface area contributed by atoms with Gasteiger partial charge in [0, 0.05) is 22.8 Å². The Morgan fingerprint density at radius 2 is 2.12 bits per heavy atom. The SMILES string of the molecule is CCC(O)(CC)CNc1nccc2sccc12. The minimum atomic E-state index is -0.639. The van der Waals surface area contributed by atoms with Crippen LogP contribution in [0.5, 0.6) is 0 Å². The number of thiophene rings is 1. The van der Waals surface area contributed by atoms with Crippen molar-refractivity contribution in [3.63, 3.8) is 0 Å². The van der Waals surface area contributed by atoms with Crippen LogP contribution in [0, 0.1) is 0 Å². The van der Waals surface area contributed by atoms with Crippen LogP contribution in [0.3, 0.4) is 0 Å². The van der Waals surface area contributed by atoms with Crippen molar-refractivity contribution < 1.29 is 5.11 Å². The Morgan fingerprint density at radius 1 is 1.35 bits per heavy atom.